The number of aryl methyl sites for hydroxylation is 1. The molecule has 3 nitrogen and oxygen atoms in total. The van der Waals surface area contributed by atoms with Crippen molar-refractivity contribution >= 4 is 33.3 Å². The summed E-state index contributed by atoms with van der Waals surface area (Å²) in [6, 6.07) is 42.2. The third-order valence-electron chi connectivity index (χ3n) is 5.09. The summed E-state index contributed by atoms with van der Waals surface area (Å²) in [6.45, 7) is 2.18. The van der Waals surface area contributed by atoms with Crippen LogP contribution in [0.4, 0.5) is 0 Å². The molecule has 4 rings (SSSR count). The molecule has 0 unspecified atom stereocenters. The molecule has 0 saturated heterocycles. The summed E-state index contributed by atoms with van der Waals surface area (Å²) >= 11 is 0. The van der Waals surface area contributed by atoms with Crippen molar-refractivity contribution in [1.29, 1.82) is 0 Å². The molecule has 0 aliphatic rings. The van der Waals surface area contributed by atoms with Gasteiger partial charge in [0.05, 0.1) is 16.3 Å². The standard InChI is InChI=1S/C26H24P.CH4O3S/c1-22-12-11-13-23(20-22)21-27(24-14-5-2-6-15-24,25-16-7-3-8-17-25)26-18-9-4-10-19-26;1-5(2,3)4/h2-20H,21H2,1H3;1H3,(H,2,3,4)/q+1;/p-1. The quantitative estimate of drug-likeness (QED) is 0.320. The van der Waals surface area contributed by atoms with Crippen molar-refractivity contribution in [3.63, 3.8) is 0 Å². The molecular formula is C27H27O3PS. The molecule has 4 aromatic rings. The topological polar surface area (TPSA) is 57.2 Å². The average molecular weight is 463 g/mol. The van der Waals surface area contributed by atoms with Gasteiger partial charge in [-0.15, -0.1) is 0 Å². The molecule has 5 heteroatoms. The molecule has 0 aromatic heterocycles. The third-order valence-corrected chi connectivity index (χ3v) is 9.47. The van der Waals surface area contributed by atoms with Crippen LogP contribution in [0.15, 0.2) is 115 Å². The second kappa shape index (κ2) is 10.7. The van der Waals surface area contributed by atoms with Crippen molar-refractivity contribution < 1.29 is 13.0 Å². The first-order chi connectivity index (χ1) is 15.3. The zero-order valence-electron chi connectivity index (χ0n) is 18.3. The predicted molar refractivity (Wildman–Crippen MR) is 136 cm³/mol. The van der Waals surface area contributed by atoms with Crippen LogP contribution >= 0.6 is 7.26 Å². The van der Waals surface area contributed by atoms with Crippen LogP contribution in [0.1, 0.15) is 11.1 Å². The molecule has 0 spiro atoms. The van der Waals surface area contributed by atoms with Crippen molar-refractivity contribution in [3.05, 3.63) is 126 Å². The van der Waals surface area contributed by atoms with Crippen LogP contribution in [0.2, 0.25) is 0 Å². The molecule has 0 heterocycles. The van der Waals surface area contributed by atoms with E-state index < -0.39 is 17.4 Å². The maximum Gasteiger partial charge on any atom is 0.116 e. The van der Waals surface area contributed by atoms with Crippen LogP contribution < -0.4 is 15.9 Å². The van der Waals surface area contributed by atoms with Crippen molar-refractivity contribution in [2.24, 2.45) is 0 Å². The fourth-order valence-corrected chi connectivity index (χ4v) is 8.08. The molecule has 0 bridgehead atoms. The Balaban J connectivity index is 0.000000523. The van der Waals surface area contributed by atoms with Gasteiger partial charge >= 0.3 is 0 Å². The highest BCUT2D eigenvalue weighted by atomic mass is 32.2. The monoisotopic (exact) mass is 462 g/mol. The number of hydrogen-bond acceptors (Lipinski definition) is 3. The Morgan fingerprint density at radius 1 is 0.656 bits per heavy atom. The largest absolute Gasteiger partial charge is 0.748 e. The van der Waals surface area contributed by atoms with E-state index in [1.807, 2.05) is 0 Å². The first-order valence-corrected chi connectivity index (χ1v) is 14.1. The minimum atomic E-state index is -3.92. The van der Waals surface area contributed by atoms with E-state index in [-0.39, 0.29) is 0 Å². The van der Waals surface area contributed by atoms with Gasteiger partial charge in [0, 0.05) is 6.26 Å². The van der Waals surface area contributed by atoms with Gasteiger partial charge in [0.25, 0.3) is 0 Å². The van der Waals surface area contributed by atoms with Gasteiger partial charge in [-0.2, -0.15) is 0 Å². The van der Waals surface area contributed by atoms with Crippen molar-refractivity contribution in [1.82, 2.24) is 0 Å². The molecule has 0 radical (unpaired) electrons. The zero-order valence-corrected chi connectivity index (χ0v) is 20.0. The molecule has 32 heavy (non-hydrogen) atoms. The van der Waals surface area contributed by atoms with Crippen LogP contribution in [0.3, 0.4) is 0 Å². The van der Waals surface area contributed by atoms with Gasteiger partial charge in [-0.3, -0.25) is 0 Å². The first kappa shape index (κ1) is 23.9. The fraction of sp³-hybridized carbons (Fsp3) is 0.111. The lowest BCUT2D eigenvalue weighted by molar-refractivity contribution is 0.470. The minimum Gasteiger partial charge on any atom is -0.748 e. The summed E-state index contributed by atoms with van der Waals surface area (Å²) < 4.78 is 27.2. The SMILES string of the molecule is CS(=O)(=O)[O-].Cc1cccc(C[P+](c2ccccc2)(c2ccccc2)c2ccccc2)c1. The Morgan fingerprint density at radius 2 is 1.03 bits per heavy atom. The maximum atomic E-state index is 9.08. The van der Waals surface area contributed by atoms with Gasteiger partial charge in [-0.25, -0.2) is 8.42 Å². The van der Waals surface area contributed by atoms with Gasteiger partial charge in [-0.05, 0) is 48.9 Å². The highest BCUT2D eigenvalue weighted by Gasteiger charge is 2.45. The molecule has 0 fully saturated rings. The molecule has 0 atom stereocenters. The summed E-state index contributed by atoms with van der Waals surface area (Å²) in [4.78, 5) is 0. The normalized spacial score (nSPS) is 11.3. The highest BCUT2D eigenvalue weighted by molar-refractivity contribution is 7.95. The van der Waals surface area contributed by atoms with Crippen LogP contribution in [0.25, 0.3) is 0 Å². The van der Waals surface area contributed by atoms with E-state index in [4.69, 9.17) is 13.0 Å². The highest BCUT2D eigenvalue weighted by Crippen LogP contribution is 2.58. The average Bonchev–Trinajstić information content (AvgIpc) is 2.78. The van der Waals surface area contributed by atoms with Gasteiger partial charge < -0.3 is 4.55 Å². The number of hydrogen-bond donors (Lipinski definition) is 0. The van der Waals surface area contributed by atoms with E-state index in [0.717, 1.165) is 6.16 Å². The number of rotatable bonds is 5. The molecule has 0 amide bonds. The Labute approximate surface area is 191 Å². The van der Waals surface area contributed by atoms with Gasteiger partial charge in [0.1, 0.15) is 23.2 Å². The second-order valence-electron chi connectivity index (χ2n) is 7.67. The summed E-state index contributed by atoms with van der Waals surface area (Å²) in [5.74, 6) is 0. The predicted octanol–water partition coefficient (Wildman–Crippen LogP) is 4.65. The summed E-state index contributed by atoms with van der Waals surface area (Å²) in [7, 11) is -5.71. The van der Waals surface area contributed by atoms with Crippen molar-refractivity contribution in [2.75, 3.05) is 6.26 Å². The molecule has 4 aromatic carbocycles. The lowest BCUT2D eigenvalue weighted by Crippen LogP contribution is -2.32. The van der Waals surface area contributed by atoms with Gasteiger partial charge in [0.15, 0.2) is 0 Å². The molecule has 0 N–H and O–H groups in total. The fourth-order valence-electron chi connectivity index (χ4n) is 3.85. The second-order valence-corrected chi connectivity index (χ2v) is 12.6. The maximum absolute atomic E-state index is 9.08. The third kappa shape index (κ3) is 6.37. The van der Waals surface area contributed by atoms with E-state index in [1.165, 1.54) is 27.0 Å². The van der Waals surface area contributed by atoms with Crippen LogP contribution in [0.5, 0.6) is 0 Å². The van der Waals surface area contributed by atoms with Gasteiger partial charge in [-0.1, -0.05) is 84.4 Å². The van der Waals surface area contributed by atoms with E-state index >= 15 is 0 Å². The first-order valence-electron chi connectivity index (χ1n) is 10.3. The van der Waals surface area contributed by atoms with E-state index in [1.54, 1.807) is 0 Å². The smallest absolute Gasteiger partial charge is 0.116 e. The summed E-state index contributed by atoms with van der Waals surface area (Å²) in [6.07, 6.45) is 1.64. The summed E-state index contributed by atoms with van der Waals surface area (Å²) in [5.41, 5.74) is 2.72. The van der Waals surface area contributed by atoms with Crippen LogP contribution in [-0.2, 0) is 16.3 Å². The van der Waals surface area contributed by atoms with Crippen LogP contribution in [-0.4, -0.2) is 19.2 Å². The number of benzene rings is 4. The lowest BCUT2D eigenvalue weighted by atomic mass is 10.2. The molecule has 0 aliphatic carbocycles. The zero-order chi connectivity index (χ0) is 23.0. The van der Waals surface area contributed by atoms with Crippen LogP contribution in [0, 0.1) is 6.92 Å². The Morgan fingerprint density at radius 3 is 1.38 bits per heavy atom. The lowest BCUT2D eigenvalue weighted by Gasteiger charge is -2.28. The molecule has 164 valence electrons. The van der Waals surface area contributed by atoms with E-state index in [0.29, 0.717) is 6.26 Å². The Hall–Kier alpha value is -2.78. The Kier molecular flexibility index (Phi) is 7.98. The van der Waals surface area contributed by atoms with Gasteiger partial charge in [0.2, 0.25) is 0 Å². The van der Waals surface area contributed by atoms with E-state index in [9.17, 15) is 0 Å². The molecular weight excluding hydrogens is 435 g/mol. The minimum absolute atomic E-state index is 0.604. The van der Waals surface area contributed by atoms with Crippen molar-refractivity contribution in [2.45, 2.75) is 13.1 Å². The van der Waals surface area contributed by atoms with E-state index in [2.05, 4.69) is 122 Å². The molecule has 0 aliphatic heterocycles. The summed E-state index contributed by atoms with van der Waals surface area (Å²) in [5, 5.41) is 4.30. The molecule has 0 saturated carbocycles. The van der Waals surface area contributed by atoms with Crippen molar-refractivity contribution in [3.8, 4) is 0 Å². The Bertz CT molecular complexity index is 1120.